The summed E-state index contributed by atoms with van der Waals surface area (Å²) in [6.07, 6.45) is 1.06. The molecule has 1 amide bonds. The van der Waals surface area contributed by atoms with Crippen molar-refractivity contribution < 1.29 is 19.1 Å². The van der Waals surface area contributed by atoms with Crippen molar-refractivity contribution >= 4 is 17.7 Å². The first-order valence-electron chi connectivity index (χ1n) is 7.94. The summed E-state index contributed by atoms with van der Waals surface area (Å²) in [7, 11) is 0. The average Bonchev–Trinajstić information content (AvgIpc) is 2.55. The first-order valence-corrected chi connectivity index (χ1v) is 7.94. The zero-order valence-electron chi connectivity index (χ0n) is 14.0. The third-order valence-electron chi connectivity index (χ3n) is 3.70. The second-order valence-electron chi connectivity index (χ2n) is 5.65. The van der Waals surface area contributed by atoms with Gasteiger partial charge in [-0.25, -0.2) is 0 Å². The fraction of sp³-hybridized carbons (Fsp3) is 0.500. The Morgan fingerprint density at radius 1 is 1.17 bits per heavy atom. The fourth-order valence-electron chi connectivity index (χ4n) is 2.15. The van der Waals surface area contributed by atoms with Gasteiger partial charge in [0.1, 0.15) is 6.61 Å². The topological polar surface area (TPSA) is 72.5 Å². The molecule has 1 rings (SSSR count). The number of nitrogens with one attached hydrogen (secondary N) is 1. The second kappa shape index (κ2) is 9.77. The quantitative estimate of drug-likeness (QED) is 0.710. The molecule has 0 spiro atoms. The molecule has 126 valence electrons. The number of Topliss-reactive ketones (excluding diaryl/α,β-unsaturated/α-hetero) is 1. The molecular formula is C18H25NO4. The van der Waals surface area contributed by atoms with Crippen molar-refractivity contribution in [3.8, 4) is 0 Å². The van der Waals surface area contributed by atoms with Gasteiger partial charge in [0.2, 0.25) is 5.91 Å². The van der Waals surface area contributed by atoms with Crippen LogP contribution in [0.15, 0.2) is 30.3 Å². The molecule has 0 heterocycles. The van der Waals surface area contributed by atoms with Crippen molar-refractivity contribution in [3.63, 3.8) is 0 Å². The van der Waals surface area contributed by atoms with Gasteiger partial charge in [-0.3, -0.25) is 14.4 Å². The molecule has 5 heteroatoms. The fourth-order valence-corrected chi connectivity index (χ4v) is 2.15. The van der Waals surface area contributed by atoms with Crippen LogP contribution in [-0.2, 0) is 25.7 Å². The Morgan fingerprint density at radius 3 is 2.39 bits per heavy atom. The maximum atomic E-state index is 12.2. The molecule has 0 fully saturated rings. The van der Waals surface area contributed by atoms with Crippen molar-refractivity contribution in [1.82, 2.24) is 5.32 Å². The first-order chi connectivity index (χ1) is 10.9. The highest BCUT2D eigenvalue weighted by atomic mass is 16.5. The summed E-state index contributed by atoms with van der Waals surface area (Å²) >= 11 is 0. The summed E-state index contributed by atoms with van der Waals surface area (Å²) < 4.78 is 5.19. The van der Waals surface area contributed by atoms with E-state index in [9.17, 15) is 14.4 Å². The molecule has 0 aliphatic rings. The Hall–Kier alpha value is -2.17. The van der Waals surface area contributed by atoms with Gasteiger partial charge in [0.25, 0.3) is 0 Å². The second-order valence-corrected chi connectivity index (χ2v) is 5.65. The number of hydrogen-bond acceptors (Lipinski definition) is 4. The maximum absolute atomic E-state index is 12.2. The zero-order valence-corrected chi connectivity index (χ0v) is 14.0. The highest BCUT2D eigenvalue weighted by Gasteiger charge is 2.24. The molecule has 0 saturated heterocycles. The summed E-state index contributed by atoms with van der Waals surface area (Å²) in [6, 6.07) is 8.76. The van der Waals surface area contributed by atoms with E-state index in [0.717, 1.165) is 5.56 Å². The summed E-state index contributed by atoms with van der Waals surface area (Å²) in [6.45, 7) is 5.32. The van der Waals surface area contributed by atoms with E-state index >= 15 is 0 Å². The maximum Gasteiger partial charge on any atom is 0.306 e. The number of ketones is 1. The lowest BCUT2D eigenvalue weighted by Crippen LogP contribution is -2.42. The summed E-state index contributed by atoms with van der Waals surface area (Å²) in [4.78, 5) is 35.3. The Morgan fingerprint density at radius 2 is 1.83 bits per heavy atom. The predicted molar refractivity (Wildman–Crippen MR) is 87.5 cm³/mol. The molecule has 0 aliphatic heterocycles. The van der Waals surface area contributed by atoms with Crippen LogP contribution < -0.4 is 5.32 Å². The van der Waals surface area contributed by atoms with Gasteiger partial charge in [-0.1, -0.05) is 44.2 Å². The van der Waals surface area contributed by atoms with Gasteiger partial charge in [-0.2, -0.15) is 0 Å². The largest absolute Gasteiger partial charge is 0.461 e. The van der Waals surface area contributed by atoms with E-state index in [1.165, 1.54) is 6.92 Å². The van der Waals surface area contributed by atoms with E-state index in [0.29, 0.717) is 6.42 Å². The van der Waals surface area contributed by atoms with Crippen molar-refractivity contribution in [2.45, 2.75) is 52.7 Å². The Bertz CT molecular complexity index is 527. The molecule has 0 aliphatic carbocycles. The Kier molecular flexibility index (Phi) is 8.02. The van der Waals surface area contributed by atoms with Crippen LogP contribution in [0.5, 0.6) is 0 Å². The molecule has 5 nitrogen and oxygen atoms in total. The Labute approximate surface area is 137 Å². The third kappa shape index (κ3) is 7.08. The molecule has 1 N–H and O–H groups in total. The van der Waals surface area contributed by atoms with Gasteiger partial charge in [0, 0.05) is 19.3 Å². The van der Waals surface area contributed by atoms with E-state index in [-0.39, 0.29) is 43.0 Å². The van der Waals surface area contributed by atoms with Crippen LogP contribution in [0.25, 0.3) is 0 Å². The van der Waals surface area contributed by atoms with Crippen LogP contribution in [-0.4, -0.2) is 23.7 Å². The minimum absolute atomic E-state index is 0.0430. The Balaban J connectivity index is 2.48. The summed E-state index contributed by atoms with van der Waals surface area (Å²) in [5, 5.41) is 2.63. The first kappa shape index (κ1) is 18.9. The molecule has 1 aromatic carbocycles. The summed E-state index contributed by atoms with van der Waals surface area (Å²) in [5.41, 5.74) is 0.912. The molecular weight excluding hydrogens is 294 g/mol. The number of hydrogen-bond donors (Lipinski definition) is 1. The van der Waals surface area contributed by atoms with Crippen LogP contribution in [0.2, 0.25) is 0 Å². The van der Waals surface area contributed by atoms with Crippen LogP contribution >= 0.6 is 0 Å². The molecule has 0 aromatic heterocycles. The minimum Gasteiger partial charge on any atom is -0.461 e. The van der Waals surface area contributed by atoms with Gasteiger partial charge in [0.05, 0.1) is 6.04 Å². The van der Waals surface area contributed by atoms with Crippen LogP contribution in [0, 0.1) is 5.92 Å². The third-order valence-corrected chi connectivity index (χ3v) is 3.70. The van der Waals surface area contributed by atoms with Crippen molar-refractivity contribution in [1.29, 1.82) is 0 Å². The summed E-state index contributed by atoms with van der Waals surface area (Å²) in [5.74, 6) is -0.837. The van der Waals surface area contributed by atoms with Gasteiger partial charge in [-0.15, -0.1) is 0 Å². The number of carbonyl (C=O) groups excluding carboxylic acids is 3. The zero-order chi connectivity index (χ0) is 17.2. The van der Waals surface area contributed by atoms with E-state index < -0.39 is 6.04 Å². The number of ether oxygens (including phenoxy) is 1. The van der Waals surface area contributed by atoms with Crippen molar-refractivity contribution in [2.75, 3.05) is 0 Å². The van der Waals surface area contributed by atoms with Crippen LogP contribution in [0.1, 0.15) is 45.6 Å². The number of rotatable bonds is 9. The minimum atomic E-state index is -0.633. The molecule has 0 bridgehead atoms. The highest BCUT2D eigenvalue weighted by Crippen LogP contribution is 2.11. The van der Waals surface area contributed by atoms with Gasteiger partial charge in [0.15, 0.2) is 5.78 Å². The molecule has 0 radical (unpaired) electrons. The molecule has 1 aromatic rings. The van der Waals surface area contributed by atoms with E-state index in [1.807, 2.05) is 44.2 Å². The SMILES string of the molecule is CCC(C)C(=O)[C@H](CCC(=O)OCc1ccccc1)NC(C)=O. The monoisotopic (exact) mass is 319 g/mol. The van der Waals surface area contributed by atoms with Gasteiger partial charge < -0.3 is 10.1 Å². The predicted octanol–water partition coefficient (Wildman–Crippen LogP) is 2.63. The lowest BCUT2D eigenvalue weighted by atomic mass is 9.94. The van der Waals surface area contributed by atoms with E-state index in [1.54, 1.807) is 0 Å². The normalized spacial score (nSPS) is 13.0. The number of carbonyl (C=O) groups is 3. The molecule has 2 atom stereocenters. The van der Waals surface area contributed by atoms with Crippen LogP contribution in [0.4, 0.5) is 0 Å². The molecule has 0 saturated carbocycles. The molecule has 1 unspecified atom stereocenters. The smallest absolute Gasteiger partial charge is 0.306 e. The molecule has 23 heavy (non-hydrogen) atoms. The average molecular weight is 319 g/mol. The number of amides is 1. The van der Waals surface area contributed by atoms with Crippen molar-refractivity contribution in [2.24, 2.45) is 5.92 Å². The van der Waals surface area contributed by atoms with Gasteiger partial charge >= 0.3 is 5.97 Å². The lowest BCUT2D eigenvalue weighted by molar-refractivity contribution is -0.145. The lowest BCUT2D eigenvalue weighted by Gasteiger charge is -2.19. The standard InChI is InChI=1S/C18H25NO4/c1-4-13(2)18(22)16(19-14(3)20)10-11-17(21)23-12-15-8-6-5-7-9-15/h5-9,13,16H,4,10-12H2,1-3H3,(H,19,20)/t13?,16-/m0/s1. The number of benzene rings is 1. The number of esters is 1. The van der Waals surface area contributed by atoms with E-state index in [4.69, 9.17) is 4.74 Å². The van der Waals surface area contributed by atoms with E-state index in [2.05, 4.69) is 5.32 Å². The van der Waals surface area contributed by atoms with Crippen molar-refractivity contribution in [3.05, 3.63) is 35.9 Å². The van der Waals surface area contributed by atoms with Gasteiger partial charge in [-0.05, 0) is 18.4 Å². The highest BCUT2D eigenvalue weighted by molar-refractivity contribution is 5.90. The van der Waals surface area contributed by atoms with Crippen LogP contribution in [0.3, 0.4) is 0 Å².